The maximum Gasteiger partial charge on any atom is 0.221 e. The van der Waals surface area contributed by atoms with E-state index in [2.05, 4.69) is 41.5 Å². The predicted octanol–water partition coefficient (Wildman–Crippen LogP) is 5.84. The third-order valence-electron chi connectivity index (χ3n) is 6.31. The fraction of sp³-hybridized carbons (Fsp3) is 0.276. The van der Waals surface area contributed by atoms with Crippen LogP contribution in [0, 0.1) is 0 Å². The Morgan fingerprint density at radius 3 is 2.44 bits per heavy atom. The maximum absolute atomic E-state index is 13.2. The number of para-hydroxylation sites is 1. The minimum atomic E-state index is -0.128. The van der Waals surface area contributed by atoms with E-state index in [1.807, 2.05) is 54.7 Å². The van der Waals surface area contributed by atoms with Crippen molar-refractivity contribution in [3.05, 3.63) is 95.7 Å². The standard InChI is InChI=1S/C29H32N2O3/c1-20(13-14-21-9-5-4-6-10-21)31-29(32)18-24(22-15-16-27(33-2)28(17-22)34-3)25-19-30-26-12-8-7-11-23(25)26/h4-12,15-17,19-20,24,30H,13-14,18H2,1-3H3,(H,31,32). The summed E-state index contributed by atoms with van der Waals surface area (Å²) in [5, 5.41) is 4.32. The van der Waals surface area contributed by atoms with Crippen LogP contribution in [0.3, 0.4) is 0 Å². The highest BCUT2D eigenvalue weighted by atomic mass is 16.5. The average Bonchev–Trinajstić information content (AvgIpc) is 3.30. The first-order chi connectivity index (χ1) is 16.6. The second-order valence-electron chi connectivity index (χ2n) is 8.65. The molecule has 176 valence electrons. The van der Waals surface area contributed by atoms with Gasteiger partial charge in [-0.05, 0) is 54.7 Å². The SMILES string of the molecule is COc1ccc(C(CC(=O)NC(C)CCc2ccccc2)c2c[nH]c3ccccc23)cc1OC. The summed E-state index contributed by atoms with van der Waals surface area (Å²) in [5.41, 5.74) is 4.44. The lowest BCUT2D eigenvalue weighted by Crippen LogP contribution is -2.33. The first-order valence-corrected chi connectivity index (χ1v) is 11.7. The molecule has 1 heterocycles. The normalized spacial score (nSPS) is 12.8. The summed E-state index contributed by atoms with van der Waals surface area (Å²) in [7, 11) is 3.25. The van der Waals surface area contributed by atoms with Crippen LogP contribution in [-0.2, 0) is 11.2 Å². The third-order valence-corrected chi connectivity index (χ3v) is 6.31. The van der Waals surface area contributed by atoms with Gasteiger partial charge in [-0.2, -0.15) is 0 Å². The number of benzene rings is 3. The first kappa shape index (κ1) is 23.4. The summed E-state index contributed by atoms with van der Waals surface area (Å²) < 4.78 is 11.0. The molecule has 4 aromatic rings. The zero-order chi connectivity index (χ0) is 23.9. The number of methoxy groups -OCH3 is 2. The van der Waals surface area contributed by atoms with E-state index in [-0.39, 0.29) is 17.9 Å². The molecule has 0 bridgehead atoms. The van der Waals surface area contributed by atoms with E-state index >= 15 is 0 Å². The Labute approximate surface area is 201 Å². The number of aryl methyl sites for hydroxylation is 1. The maximum atomic E-state index is 13.2. The molecular weight excluding hydrogens is 424 g/mol. The Morgan fingerprint density at radius 1 is 0.941 bits per heavy atom. The Bertz CT molecular complexity index is 1230. The molecule has 0 aliphatic heterocycles. The van der Waals surface area contributed by atoms with Crippen LogP contribution in [0.1, 0.15) is 42.4 Å². The number of aromatic amines is 1. The molecule has 2 atom stereocenters. The van der Waals surface area contributed by atoms with Crippen LogP contribution in [0.5, 0.6) is 11.5 Å². The van der Waals surface area contributed by atoms with Crippen LogP contribution < -0.4 is 14.8 Å². The van der Waals surface area contributed by atoms with Crippen LogP contribution in [-0.4, -0.2) is 31.2 Å². The van der Waals surface area contributed by atoms with Crippen molar-refractivity contribution in [3.63, 3.8) is 0 Å². The third kappa shape index (κ3) is 5.42. The van der Waals surface area contributed by atoms with Gasteiger partial charge in [0.2, 0.25) is 5.91 Å². The first-order valence-electron chi connectivity index (χ1n) is 11.7. The molecule has 5 heteroatoms. The minimum Gasteiger partial charge on any atom is -0.493 e. The van der Waals surface area contributed by atoms with Gasteiger partial charge in [0.1, 0.15) is 0 Å². The fourth-order valence-electron chi connectivity index (χ4n) is 4.48. The van der Waals surface area contributed by atoms with Gasteiger partial charge in [-0.1, -0.05) is 54.6 Å². The number of fused-ring (bicyclic) bond motifs is 1. The number of H-pyrrole nitrogens is 1. The molecule has 5 nitrogen and oxygen atoms in total. The van der Waals surface area contributed by atoms with Crippen LogP contribution >= 0.6 is 0 Å². The van der Waals surface area contributed by atoms with Crippen molar-refractivity contribution in [3.8, 4) is 11.5 Å². The molecule has 0 saturated carbocycles. The minimum absolute atomic E-state index is 0.0330. The Morgan fingerprint density at radius 2 is 1.68 bits per heavy atom. The van der Waals surface area contributed by atoms with Crippen LogP contribution in [0.15, 0.2) is 79.0 Å². The summed E-state index contributed by atoms with van der Waals surface area (Å²) in [6.07, 6.45) is 4.18. The van der Waals surface area contributed by atoms with Crippen LogP contribution in [0.25, 0.3) is 10.9 Å². The molecule has 34 heavy (non-hydrogen) atoms. The molecule has 0 aliphatic carbocycles. The molecule has 0 spiro atoms. The van der Waals surface area contributed by atoms with E-state index in [4.69, 9.17) is 9.47 Å². The zero-order valence-electron chi connectivity index (χ0n) is 20.0. The summed E-state index contributed by atoms with van der Waals surface area (Å²) >= 11 is 0. The molecule has 2 N–H and O–H groups in total. The topological polar surface area (TPSA) is 63.3 Å². The van der Waals surface area contributed by atoms with Gasteiger partial charge < -0.3 is 19.8 Å². The number of carbonyl (C=O) groups excluding carboxylic acids is 1. The fourth-order valence-corrected chi connectivity index (χ4v) is 4.48. The number of nitrogens with one attached hydrogen (secondary N) is 2. The lowest BCUT2D eigenvalue weighted by atomic mass is 9.87. The van der Waals surface area contributed by atoms with Crippen molar-refractivity contribution in [1.82, 2.24) is 10.3 Å². The highest BCUT2D eigenvalue weighted by Crippen LogP contribution is 2.37. The predicted molar refractivity (Wildman–Crippen MR) is 137 cm³/mol. The Kier molecular flexibility index (Phi) is 7.53. The van der Waals surface area contributed by atoms with Gasteiger partial charge in [-0.15, -0.1) is 0 Å². The summed E-state index contributed by atoms with van der Waals surface area (Å²) in [6, 6.07) is 24.5. The van der Waals surface area contributed by atoms with Crippen LogP contribution in [0.2, 0.25) is 0 Å². The van der Waals surface area contributed by atoms with E-state index in [0.717, 1.165) is 34.9 Å². The molecule has 0 aliphatic rings. The number of carbonyl (C=O) groups is 1. The molecule has 1 amide bonds. The van der Waals surface area contributed by atoms with Gasteiger partial charge in [0.25, 0.3) is 0 Å². The average molecular weight is 457 g/mol. The second-order valence-corrected chi connectivity index (χ2v) is 8.65. The van der Waals surface area contributed by atoms with Gasteiger partial charge in [-0.3, -0.25) is 4.79 Å². The van der Waals surface area contributed by atoms with Gasteiger partial charge >= 0.3 is 0 Å². The molecule has 0 radical (unpaired) electrons. The van der Waals surface area contributed by atoms with E-state index in [1.165, 1.54) is 5.56 Å². The van der Waals surface area contributed by atoms with Crippen molar-refractivity contribution in [2.45, 2.75) is 38.1 Å². The zero-order valence-corrected chi connectivity index (χ0v) is 20.0. The summed E-state index contributed by atoms with van der Waals surface area (Å²) in [5.74, 6) is 1.23. The summed E-state index contributed by atoms with van der Waals surface area (Å²) in [4.78, 5) is 16.5. The van der Waals surface area contributed by atoms with Crippen LogP contribution in [0.4, 0.5) is 0 Å². The lowest BCUT2D eigenvalue weighted by molar-refractivity contribution is -0.121. The van der Waals surface area contributed by atoms with Gasteiger partial charge in [0.15, 0.2) is 11.5 Å². The van der Waals surface area contributed by atoms with E-state index in [9.17, 15) is 4.79 Å². The second kappa shape index (κ2) is 10.9. The number of hydrogen-bond acceptors (Lipinski definition) is 3. The highest BCUT2D eigenvalue weighted by Gasteiger charge is 2.23. The molecule has 4 rings (SSSR count). The number of hydrogen-bond donors (Lipinski definition) is 2. The molecular formula is C29H32N2O3. The molecule has 1 aromatic heterocycles. The molecule has 3 aromatic carbocycles. The van der Waals surface area contributed by atoms with Gasteiger partial charge in [0.05, 0.1) is 14.2 Å². The van der Waals surface area contributed by atoms with Crippen molar-refractivity contribution in [2.75, 3.05) is 14.2 Å². The number of ether oxygens (including phenoxy) is 2. The quantitative estimate of drug-likeness (QED) is 0.315. The number of aromatic nitrogens is 1. The van der Waals surface area contributed by atoms with E-state index < -0.39 is 0 Å². The Hall–Kier alpha value is -3.73. The van der Waals surface area contributed by atoms with E-state index in [1.54, 1.807) is 14.2 Å². The van der Waals surface area contributed by atoms with Gasteiger partial charge in [-0.25, -0.2) is 0 Å². The Balaban J connectivity index is 1.55. The van der Waals surface area contributed by atoms with Crippen molar-refractivity contribution < 1.29 is 14.3 Å². The summed E-state index contributed by atoms with van der Waals surface area (Å²) in [6.45, 7) is 2.07. The monoisotopic (exact) mass is 456 g/mol. The largest absolute Gasteiger partial charge is 0.493 e. The van der Waals surface area contributed by atoms with E-state index in [0.29, 0.717) is 17.9 Å². The number of amides is 1. The molecule has 0 fully saturated rings. The number of rotatable bonds is 10. The smallest absolute Gasteiger partial charge is 0.221 e. The van der Waals surface area contributed by atoms with Crippen molar-refractivity contribution >= 4 is 16.8 Å². The van der Waals surface area contributed by atoms with Gasteiger partial charge in [0, 0.05) is 35.5 Å². The molecule has 0 saturated heterocycles. The lowest BCUT2D eigenvalue weighted by Gasteiger charge is -2.21. The van der Waals surface area contributed by atoms with Crippen molar-refractivity contribution in [2.24, 2.45) is 0 Å². The molecule has 2 unspecified atom stereocenters. The van der Waals surface area contributed by atoms with Crippen molar-refractivity contribution in [1.29, 1.82) is 0 Å². The highest BCUT2D eigenvalue weighted by molar-refractivity contribution is 5.86.